The highest BCUT2D eigenvalue weighted by molar-refractivity contribution is 5.88. The number of nitrogens with zero attached hydrogens (tertiary/aromatic N) is 1. The van der Waals surface area contributed by atoms with Crippen LogP contribution < -0.4 is 10.1 Å². The lowest BCUT2D eigenvalue weighted by molar-refractivity contribution is -0.128. The molecule has 1 atom stereocenters. The monoisotopic (exact) mass is 288 g/mol. The minimum atomic E-state index is 0.108. The van der Waals surface area contributed by atoms with Crippen LogP contribution in [0.1, 0.15) is 19.4 Å². The van der Waals surface area contributed by atoms with E-state index in [0.717, 1.165) is 42.9 Å². The first kappa shape index (κ1) is 15.6. The second-order valence-corrected chi connectivity index (χ2v) is 5.56. The molecular formula is C17H24N2O2. The van der Waals surface area contributed by atoms with Gasteiger partial charge in [0, 0.05) is 31.8 Å². The molecule has 1 aliphatic heterocycles. The van der Waals surface area contributed by atoms with Crippen molar-refractivity contribution >= 4 is 5.91 Å². The Morgan fingerprint density at radius 2 is 2.24 bits per heavy atom. The number of ether oxygens (including phenoxy) is 1. The molecule has 21 heavy (non-hydrogen) atoms. The molecule has 0 bridgehead atoms. The zero-order valence-corrected chi connectivity index (χ0v) is 13.1. The Kier molecular flexibility index (Phi) is 5.39. The molecule has 0 saturated carbocycles. The molecule has 114 valence electrons. The van der Waals surface area contributed by atoms with Crippen molar-refractivity contribution in [1.82, 2.24) is 10.2 Å². The Morgan fingerprint density at radius 3 is 2.95 bits per heavy atom. The summed E-state index contributed by atoms with van der Waals surface area (Å²) in [5.41, 5.74) is 2.16. The van der Waals surface area contributed by atoms with Crippen LogP contribution in [-0.2, 0) is 11.2 Å². The summed E-state index contributed by atoms with van der Waals surface area (Å²) in [7, 11) is 1.67. The largest absolute Gasteiger partial charge is 0.496 e. The molecular weight excluding hydrogens is 264 g/mol. The molecule has 1 fully saturated rings. The number of nitrogens with one attached hydrogen (secondary N) is 1. The Hall–Kier alpha value is -1.81. The highest BCUT2D eigenvalue weighted by Gasteiger charge is 2.21. The summed E-state index contributed by atoms with van der Waals surface area (Å²) in [4.78, 5) is 14.3. The fourth-order valence-electron chi connectivity index (χ4n) is 2.66. The number of benzene rings is 1. The first-order valence-corrected chi connectivity index (χ1v) is 7.42. The van der Waals surface area contributed by atoms with Crippen LogP contribution >= 0.6 is 0 Å². The topological polar surface area (TPSA) is 41.6 Å². The predicted octanol–water partition coefficient (Wildman–Crippen LogP) is 2.00. The minimum Gasteiger partial charge on any atom is -0.496 e. The van der Waals surface area contributed by atoms with E-state index in [1.807, 2.05) is 36.1 Å². The number of amides is 1. The molecule has 1 aromatic rings. The molecule has 0 aromatic heterocycles. The summed E-state index contributed by atoms with van der Waals surface area (Å²) in [6.45, 7) is 6.59. The summed E-state index contributed by atoms with van der Waals surface area (Å²) >= 11 is 0. The van der Waals surface area contributed by atoms with Crippen molar-refractivity contribution in [3.8, 4) is 5.75 Å². The molecule has 1 saturated heterocycles. The molecule has 1 aliphatic rings. The quantitative estimate of drug-likeness (QED) is 0.862. The fourth-order valence-corrected chi connectivity index (χ4v) is 2.66. The second kappa shape index (κ2) is 7.27. The van der Waals surface area contributed by atoms with Gasteiger partial charge >= 0.3 is 0 Å². The maximum Gasteiger partial charge on any atom is 0.246 e. The van der Waals surface area contributed by atoms with Gasteiger partial charge in [-0.1, -0.05) is 23.8 Å². The van der Waals surface area contributed by atoms with E-state index >= 15 is 0 Å². The van der Waals surface area contributed by atoms with Crippen LogP contribution in [0, 0.1) is 0 Å². The van der Waals surface area contributed by atoms with Gasteiger partial charge in [0.15, 0.2) is 0 Å². The third-order valence-corrected chi connectivity index (χ3v) is 3.82. The third-order valence-electron chi connectivity index (χ3n) is 3.82. The molecule has 0 spiro atoms. The van der Waals surface area contributed by atoms with Crippen LogP contribution in [0.5, 0.6) is 5.75 Å². The predicted molar refractivity (Wildman–Crippen MR) is 84.5 cm³/mol. The van der Waals surface area contributed by atoms with Crippen molar-refractivity contribution in [3.63, 3.8) is 0 Å². The smallest absolute Gasteiger partial charge is 0.246 e. The molecule has 0 radical (unpaired) electrons. The van der Waals surface area contributed by atoms with E-state index < -0.39 is 0 Å². The second-order valence-electron chi connectivity index (χ2n) is 5.56. The van der Waals surface area contributed by atoms with Crippen LogP contribution in [0.25, 0.3) is 0 Å². The highest BCUT2D eigenvalue weighted by atomic mass is 16.5. The number of allylic oxidation sites excluding steroid dienone is 1. The minimum absolute atomic E-state index is 0.108. The van der Waals surface area contributed by atoms with Gasteiger partial charge in [-0.3, -0.25) is 4.79 Å². The molecule has 1 amide bonds. The maximum atomic E-state index is 12.4. The van der Waals surface area contributed by atoms with Crippen LogP contribution in [0.2, 0.25) is 0 Å². The Morgan fingerprint density at radius 1 is 1.48 bits per heavy atom. The van der Waals surface area contributed by atoms with Crippen molar-refractivity contribution < 1.29 is 9.53 Å². The van der Waals surface area contributed by atoms with Crippen LogP contribution in [-0.4, -0.2) is 43.6 Å². The Balaban J connectivity index is 2.04. The van der Waals surface area contributed by atoms with Gasteiger partial charge in [0.05, 0.1) is 7.11 Å². The third kappa shape index (κ3) is 4.08. The van der Waals surface area contributed by atoms with Gasteiger partial charge in [-0.25, -0.2) is 0 Å². The SMILES string of the molecule is COc1ccccc1C/C(C)=C/C(=O)N1CCNCC1C. The lowest BCUT2D eigenvalue weighted by Crippen LogP contribution is -2.51. The van der Waals surface area contributed by atoms with E-state index in [-0.39, 0.29) is 11.9 Å². The summed E-state index contributed by atoms with van der Waals surface area (Å²) in [6, 6.07) is 8.18. The van der Waals surface area contributed by atoms with E-state index in [2.05, 4.69) is 12.2 Å². The molecule has 1 aromatic carbocycles. The first-order chi connectivity index (χ1) is 10.1. The Labute approximate surface area is 126 Å². The summed E-state index contributed by atoms with van der Waals surface area (Å²) in [5.74, 6) is 0.977. The average molecular weight is 288 g/mol. The van der Waals surface area contributed by atoms with Crippen molar-refractivity contribution in [2.45, 2.75) is 26.3 Å². The standard InChI is InChI=1S/C17H24N2O2/c1-13(10-15-6-4-5-7-16(15)21-3)11-17(20)19-9-8-18-12-14(19)2/h4-7,11,14,18H,8-10,12H2,1-3H3/b13-11+. The number of hydrogen-bond acceptors (Lipinski definition) is 3. The van der Waals surface area contributed by atoms with Gasteiger partial charge in [-0.05, 0) is 31.9 Å². The molecule has 0 aliphatic carbocycles. The van der Waals surface area contributed by atoms with E-state index in [1.54, 1.807) is 13.2 Å². The summed E-state index contributed by atoms with van der Waals surface area (Å²) < 4.78 is 5.35. The van der Waals surface area contributed by atoms with Crippen LogP contribution in [0.3, 0.4) is 0 Å². The fraction of sp³-hybridized carbons (Fsp3) is 0.471. The summed E-state index contributed by atoms with van der Waals surface area (Å²) in [6.07, 6.45) is 2.49. The van der Waals surface area contributed by atoms with Crippen molar-refractivity contribution in [2.75, 3.05) is 26.7 Å². The lowest BCUT2D eigenvalue weighted by atomic mass is 10.0. The van der Waals surface area contributed by atoms with Gasteiger partial charge in [0.1, 0.15) is 5.75 Å². The average Bonchev–Trinajstić information content (AvgIpc) is 2.48. The van der Waals surface area contributed by atoms with Gasteiger partial charge < -0.3 is 15.0 Å². The number of para-hydroxylation sites is 1. The van der Waals surface area contributed by atoms with Gasteiger partial charge in [-0.15, -0.1) is 0 Å². The molecule has 1 N–H and O–H groups in total. The number of hydrogen-bond donors (Lipinski definition) is 1. The zero-order valence-electron chi connectivity index (χ0n) is 13.1. The van der Waals surface area contributed by atoms with Gasteiger partial charge in [0.25, 0.3) is 0 Å². The lowest BCUT2D eigenvalue weighted by Gasteiger charge is -2.33. The number of methoxy groups -OCH3 is 1. The molecule has 1 unspecified atom stereocenters. The Bertz CT molecular complexity index is 525. The van der Waals surface area contributed by atoms with Crippen molar-refractivity contribution in [2.24, 2.45) is 0 Å². The normalized spacial score (nSPS) is 19.5. The zero-order chi connectivity index (χ0) is 15.2. The number of rotatable bonds is 4. The van der Waals surface area contributed by atoms with Gasteiger partial charge in [0.2, 0.25) is 5.91 Å². The van der Waals surface area contributed by atoms with Crippen molar-refractivity contribution in [3.05, 3.63) is 41.5 Å². The van der Waals surface area contributed by atoms with Crippen LogP contribution in [0.15, 0.2) is 35.9 Å². The molecule has 2 rings (SSSR count). The van der Waals surface area contributed by atoms with E-state index in [4.69, 9.17) is 4.74 Å². The van der Waals surface area contributed by atoms with E-state index in [1.165, 1.54) is 0 Å². The summed E-state index contributed by atoms with van der Waals surface area (Å²) in [5, 5.41) is 3.30. The van der Waals surface area contributed by atoms with E-state index in [0.29, 0.717) is 0 Å². The maximum absolute atomic E-state index is 12.4. The number of carbonyl (C=O) groups is 1. The first-order valence-electron chi connectivity index (χ1n) is 7.42. The molecule has 1 heterocycles. The van der Waals surface area contributed by atoms with Crippen LogP contribution in [0.4, 0.5) is 0 Å². The van der Waals surface area contributed by atoms with Crippen molar-refractivity contribution in [1.29, 1.82) is 0 Å². The molecule has 4 heteroatoms. The van der Waals surface area contributed by atoms with E-state index in [9.17, 15) is 4.79 Å². The number of carbonyl (C=O) groups excluding carboxylic acids is 1. The molecule has 4 nitrogen and oxygen atoms in total. The number of piperazine rings is 1. The van der Waals surface area contributed by atoms with Gasteiger partial charge in [-0.2, -0.15) is 0 Å². The highest BCUT2D eigenvalue weighted by Crippen LogP contribution is 2.20.